The van der Waals surface area contributed by atoms with Crippen LogP contribution in [-0.2, 0) is 4.74 Å². The Hall–Kier alpha value is -1.16. The summed E-state index contributed by atoms with van der Waals surface area (Å²) in [5, 5.41) is 3.26. The molecule has 0 atom stereocenters. The first-order chi connectivity index (χ1) is 7.44. The molecule has 0 bridgehead atoms. The maximum absolute atomic E-state index is 5.33. The van der Waals surface area contributed by atoms with Gasteiger partial charge in [0.05, 0.1) is 5.60 Å². The standard InChI is InChI=1S/C12H21N3O/c1-9(2)10-6-11(15-8-14-10)13-7-12(3,4)16-5/h6,8-9H,7H2,1-5H3,(H,13,14,15). The van der Waals surface area contributed by atoms with Gasteiger partial charge in [-0.15, -0.1) is 0 Å². The van der Waals surface area contributed by atoms with Crippen LogP contribution in [0.5, 0.6) is 0 Å². The van der Waals surface area contributed by atoms with Crippen LogP contribution in [0.3, 0.4) is 0 Å². The number of nitrogens with one attached hydrogen (secondary N) is 1. The first-order valence-electron chi connectivity index (χ1n) is 5.55. The Kier molecular flexibility index (Phi) is 4.24. The number of methoxy groups -OCH3 is 1. The number of nitrogens with zero attached hydrogens (tertiary/aromatic N) is 2. The molecule has 0 aliphatic carbocycles. The van der Waals surface area contributed by atoms with E-state index in [-0.39, 0.29) is 5.60 Å². The predicted molar refractivity (Wildman–Crippen MR) is 65.7 cm³/mol. The highest BCUT2D eigenvalue weighted by atomic mass is 16.5. The second-order valence-corrected chi connectivity index (χ2v) is 4.80. The summed E-state index contributed by atoms with van der Waals surface area (Å²) >= 11 is 0. The predicted octanol–water partition coefficient (Wildman–Crippen LogP) is 2.44. The number of hydrogen-bond donors (Lipinski definition) is 1. The molecule has 0 aliphatic rings. The molecule has 0 saturated heterocycles. The molecule has 16 heavy (non-hydrogen) atoms. The van der Waals surface area contributed by atoms with Crippen LogP contribution in [0.25, 0.3) is 0 Å². The molecule has 4 heteroatoms. The van der Waals surface area contributed by atoms with Gasteiger partial charge in [-0.25, -0.2) is 9.97 Å². The highest BCUT2D eigenvalue weighted by Gasteiger charge is 2.16. The molecule has 1 aromatic heterocycles. The minimum Gasteiger partial charge on any atom is -0.377 e. The second-order valence-electron chi connectivity index (χ2n) is 4.80. The van der Waals surface area contributed by atoms with E-state index in [2.05, 4.69) is 29.1 Å². The lowest BCUT2D eigenvalue weighted by atomic mass is 10.1. The van der Waals surface area contributed by atoms with Crippen molar-refractivity contribution in [2.45, 2.75) is 39.2 Å². The van der Waals surface area contributed by atoms with Crippen molar-refractivity contribution in [1.82, 2.24) is 9.97 Å². The molecule has 0 fully saturated rings. The summed E-state index contributed by atoms with van der Waals surface area (Å²) < 4.78 is 5.33. The summed E-state index contributed by atoms with van der Waals surface area (Å²) in [5.74, 6) is 1.27. The largest absolute Gasteiger partial charge is 0.377 e. The SMILES string of the molecule is COC(C)(C)CNc1cc(C(C)C)ncn1. The maximum atomic E-state index is 5.33. The van der Waals surface area contributed by atoms with Crippen LogP contribution in [0.15, 0.2) is 12.4 Å². The normalized spacial score (nSPS) is 11.9. The number of ether oxygens (including phenoxy) is 1. The summed E-state index contributed by atoms with van der Waals surface area (Å²) in [6, 6.07) is 1.98. The third-order valence-electron chi connectivity index (χ3n) is 2.53. The van der Waals surface area contributed by atoms with Crippen molar-refractivity contribution < 1.29 is 4.74 Å². The van der Waals surface area contributed by atoms with E-state index >= 15 is 0 Å². The molecule has 0 saturated carbocycles. The zero-order valence-corrected chi connectivity index (χ0v) is 10.7. The molecular weight excluding hydrogens is 202 g/mol. The van der Waals surface area contributed by atoms with Gasteiger partial charge >= 0.3 is 0 Å². The molecule has 1 heterocycles. The van der Waals surface area contributed by atoms with Gasteiger partial charge in [0.25, 0.3) is 0 Å². The Morgan fingerprint density at radius 1 is 1.38 bits per heavy atom. The summed E-state index contributed by atoms with van der Waals surface area (Å²) in [4.78, 5) is 8.40. The molecule has 0 spiro atoms. The van der Waals surface area contributed by atoms with E-state index < -0.39 is 0 Å². The van der Waals surface area contributed by atoms with Crippen LogP contribution >= 0.6 is 0 Å². The van der Waals surface area contributed by atoms with E-state index in [1.807, 2.05) is 19.9 Å². The van der Waals surface area contributed by atoms with Crippen molar-refractivity contribution in [3.63, 3.8) is 0 Å². The summed E-state index contributed by atoms with van der Waals surface area (Å²) in [5.41, 5.74) is 0.857. The maximum Gasteiger partial charge on any atom is 0.129 e. The van der Waals surface area contributed by atoms with Crippen LogP contribution < -0.4 is 5.32 Å². The Morgan fingerprint density at radius 3 is 2.62 bits per heavy atom. The monoisotopic (exact) mass is 223 g/mol. The highest BCUT2D eigenvalue weighted by Crippen LogP contribution is 2.15. The fourth-order valence-electron chi connectivity index (χ4n) is 1.16. The Balaban J connectivity index is 2.64. The van der Waals surface area contributed by atoms with Gasteiger partial charge in [0.15, 0.2) is 0 Å². The topological polar surface area (TPSA) is 47.0 Å². The number of aromatic nitrogens is 2. The third kappa shape index (κ3) is 3.77. The van der Waals surface area contributed by atoms with Crippen LogP contribution in [0, 0.1) is 0 Å². The first-order valence-corrected chi connectivity index (χ1v) is 5.55. The number of rotatable bonds is 5. The van der Waals surface area contributed by atoms with Crippen LogP contribution in [-0.4, -0.2) is 29.2 Å². The van der Waals surface area contributed by atoms with Gasteiger partial charge in [-0.3, -0.25) is 0 Å². The highest BCUT2D eigenvalue weighted by molar-refractivity contribution is 5.35. The van der Waals surface area contributed by atoms with E-state index in [9.17, 15) is 0 Å². The van der Waals surface area contributed by atoms with Crippen LogP contribution in [0.2, 0.25) is 0 Å². The van der Waals surface area contributed by atoms with Crippen molar-refractivity contribution in [2.24, 2.45) is 0 Å². The Bertz CT molecular complexity index is 337. The second kappa shape index (κ2) is 5.25. The minimum absolute atomic E-state index is 0.192. The minimum atomic E-state index is -0.192. The summed E-state index contributed by atoms with van der Waals surface area (Å²) in [7, 11) is 1.71. The third-order valence-corrected chi connectivity index (χ3v) is 2.53. The van der Waals surface area contributed by atoms with E-state index in [1.165, 1.54) is 0 Å². The van der Waals surface area contributed by atoms with E-state index in [1.54, 1.807) is 13.4 Å². The molecule has 0 unspecified atom stereocenters. The lowest BCUT2D eigenvalue weighted by Crippen LogP contribution is -2.32. The van der Waals surface area contributed by atoms with Gasteiger partial charge in [0, 0.05) is 25.4 Å². The lowest BCUT2D eigenvalue weighted by Gasteiger charge is -2.23. The zero-order chi connectivity index (χ0) is 12.2. The molecular formula is C12H21N3O. The van der Waals surface area contributed by atoms with Crippen molar-refractivity contribution in [3.8, 4) is 0 Å². The molecule has 0 amide bonds. The smallest absolute Gasteiger partial charge is 0.129 e. The Morgan fingerprint density at radius 2 is 2.06 bits per heavy atom. The molecule has 1 aromatic rings. The fraction of sp³-hybridized carbons (Fsp3) is 0.667. The molecule has 1 rings (SSSR count). The van der Waals surface area contributed by atoms with Gasteiger partial charge in [0.2, 0.25) is 0 Å². The van der Waals surface area contributed by atoms with E-state index in [4.69, 9.17) is 4.74 Å². The van der Waals surface area contributed by atoms with Crippen molar-refractivity contribution in [2.75, 3.05) is 19.0 Å². The van der Waals surface area contributed by atoms with Gasteiger partial charge < -0.3 is 10.1 Å². The molecule has 0 aromatic carbocycles. The number of hydrogen-bond acceptors (Lipinski definition) is 4. The lowest BCUT2D eigenvalue weighted by molar-refractivity contribution is 0.0343. The quantitative estimate of drug-likeness (QED) is 0.833. The van der Waals surface area contributed by atoms with Gasteiger partial charge in [-0.05, 0) is 19.8 Å². The van der Waals surface area contributed by atoms with E-state index in [0.29, 0.717) is 5.92 Å². The van der Waals surface area contributed by atoms with Crippen molar-refractivity contribution >= 4 is 5.82 Å². The molecule has 0 radical (unpaired) electrons. The summed E-state index contributed by atoms with van der Waals surface area (Å²) in [6.45, 7) is 9.02. The number of anilines is 1. The molecule has 90 valence electrons. The Labute approximate surface area is 97.5 Å². The zero-order valence-electron chi connectivity index (χ0n) is 10.7. The molecule has 1 N–H and O–H groups in total. The van der Waals surface area contributed by atoms with Gasteiger partial charge in [-0.2, -0.15) is 0 Å². The summed E-state index contributed by atoms with van der Waals surface area (Å²) in [6.07, 6.45) is 1.59. The average Bonchev–Trinajstić information content (AvgIpc) is 2.27. The van der Waals surface area contributed by atoms with Crippen molar-refractivity contribution in [3.05, 3.63) is 18.1 Å². The van der Waals surface area contributed by atoms with Gasteiger partial charge in [0.1, 0.15) is 12.1 Å². The van der Waals surface area contributed by atoms with Crippen LogP contribution in [0.1, 0.15) is 39.3 Å². The van der Waals surface area contributed by atoms with Crippen LogP contribution in [0.4, 0.5) is 5.82 Å². The molecule has 0 aliphatic heterocycles. The molecule has 4 nitrogen and oxygen atoms in total. The fourth-order valence-corrected chi connectivity index (χ4v) is 1.16. The first kappa shape index (κ1) is 12.9. The van der Waals surface area contributed by atoms with E-state index in [0.717, 1.165) is 18.1 Å². The van der Waals surface area contributed by atoms with Crippen molar-refractivity contribution in [1.29, 1.82) is 0 Å². The van der Waals surface area contributed by atoms with Gasteiger partial charge in [-0.1, -0.05) is 13.8 Å². The average molecular weight is 223 g/mol.